The monoisotopic (exact) mass is 311 g/mol. The van der Waals surface area contributed by atoms with Gasteiger partial charge in [-0.1, -0.05) is 65.1 Å². The maximum Gasteiger partial charge on any atom is 0.407 e. The smallest absolute Gasteiger partial charge is 0.407 e. The molecule has 0 aliphatic heterocycles. The lowest BCUT2D eigenvalue weighted by atomic mass is 10.1. The van der Waals surface area contributed by atoms with E-state index in [1.54, 1.807) is 24.3 Å². The second-order valence-corrected chi connectivity index (χ2v) is 6.00. The Morgan fingerprint density at radius 1 is 1.33 bits per heavy atom. The van der Waals surface area contributed by atoms with Gasteiger partial charge in [-0.2, -0.15) is 0 Å². The topological polar surface area (TPSA) is 58.6 Å². The molecule has 0 aliphatic carbocycles. The van der Waals surface area contributed by atoms with Gasteiger partial charge in [-0.15, -0.1) is 0 Å². The van der Waals surface area contributed by atoms with E-state index in [-0.39, 0.29) is 13.2 Å². The lowest BCUT2D eigenvalue weighted by Gasteiger charge is -2.18. The molecular weight excluding hydrogens is 300 g/mol. The average molecular weight is 313 g/mol. The molecule has 0 radical (unpaired) electrons. The Hall–Kier alpha value is -0.680. The number of alkyl halides is 3. The highest BCUT2D eigenvalue weighted by atomic mass is 35.6. The van der Waals surface area contributed by atoms with Gasteiger partial charge in [0.1, 0.15) is 6.61 Å². The maximum absolute atomic E-state index is 11.4. The van der Waals surface area contributed by atoms with Crippen LogP contribution < -0.4 is 5.32 Å². The highest BCUT2D eigenvalue weighted by Gasteiger charge is 2.23. The zero-order valence-corrected chi connectivity index (χ0v) is 11.5. The third-order valence-electron chi connectivity index (χ3n) is 2.04. The minimum Gasteiger partial charge on any atom is -0.445 e. The van der Waals surface area contributed by atoms with Gasteiger partial charge in [-0.05, 0) is 5.56 Å². The van der Waals surface area contributed by atoms with Gasteiger partial charge in [0.15, 0.2) is 0 Å². The molecule has 0 saturated carbocycles. The van der Waals surface area contributed by atoms with Crippen molar-refractivity contribution in [1.82, 2.24) is 5.32 Å². The second kappa shape index (κ2) is 7.04. The molecule has 4 nitrogen and oxygen atoms in total. The van der Waals surface area contributed by atoms with Crippen molar-refractivity contribution in [2.75, 3.05) is 13.2 Å². The van der Waals surface area contributed by atoms with Gasteiger partial charge >= 0.3 is 6.09 Å². The first kappa shape index (κ1) is 15.4. The molecule has 1 rings (SSSR count). The number of benzene rings is 1. The predicted molar refractivity (Wildman–Crippen MR) is 71.0 cm³/mol. The Balaban J connectivity index is 2.51. The summed E-state index contributed by atoms with van der Waals surface area (Å²) in [5, 5.41) is 11.7. The standard InChI is InChI=1S/C11H12Cl3NO3/c12-11(13,14)7-18-10(17)15-9(6-16)8-4-2-1-3-5-8/h1-5,9,16H,6-7H2,(H,15,17)/t9-/m0/s1. The van der Waals surface area contributed by atoms with Crippen molar-refractivity contribution in [2.45, 2.75) is 9.83 Å². The number of carbonyl (C=O) groups is 1. The zero-order chi connectivity index (χ0) is 13.6. The van der Waals surface area contributed by atoms with Gasteiger partial charge in [0.25, 0.3) is 0 Å². The summed E-state index contributed by atoms with van der Waals surface area (Å²) in [5.41, 5.74) is 0.755. The predicted octanol–water partition coefficient (Wildman–Crippen LogP) is 2.82. The minimum absolute atomic E-state index is 0.257. The number of halogens is 3. The first-order chi connectivity index (χ1) is 8.42. The summed E-state index contributed by atoms with van der Waals surface area (Å²) < 4.78 is 3.05. The van der Waals surface area contributed by atoms with Crippen LogP contribution in [-0.2, 0) is 4.74 Å². The summed E-state index contributed by atoms with van der Waals surface area (Å²) in [5.74, 6) is 0. The molecule has 1 aromatic rings. The van der Waals surface area contributed by atoms with Crippen molar-refractivity contribution in [3.8, 4) is 0 Å². The van der Waals surface area contributed by atoms with Crippen molar-refractivity contribution in [3.05, 3.63) is 35.9 Å². The number of aliphatic hydroxyl groups excluding tert-OH is 1. The average Bonchev–Trinajstić information content (AvgIpc) is 2.33. The number of ether oxygens (including phenoxy) is 1. The van der Waals surface area contributed by atoms with E-state index in [0.29, 0.717) is 0 Å². The number of rotatable bonds is 4. The number of alkyl carbamates (subject to hydrolysis) is 1. The first-order valence-corrected chi connectivity index (χ1v) is 6.21. The van der Waals surface area contributed by atoms with Crippen LogP contribution in [0, 0.1) is 0 Å². The zero-order valence-electron chi connectivity index (χ0n) is 9.28. The highest BCUT2D eigenvalue weighted by molar-refractivity contribution is 6.67. The van der Waals surface area contributed by atoms with E-state index in [4.69, 9.17) is 39.5 Å². The summed E-state index contributed by atoms with van der Waals surface area (Å²) in [6.45, 7) is -0.622. The van der Waals surface area contributed by atoms with Crippen LogP contribution in [-0.4, -0.2) is 28.2 Å². The summed E-state index contributed by atoms with van der Waals surface area (Å²) >= 11 is 16.3. The number of nitrogens with one attached hydrogen (secondary N) is 1. The molecular formula is C11H12Cl3NO3. The summed E-state index contributed by atoms with van der Waals surface area (Å²) in [4.78, 5) is 11.4. The van der Waals surface area contributed by atoms with Crippen LogP contribution in [0.4, 0.5) is 4.79 Å². The molecule has 0 saturated heterocycles. The van der Waals surface area contributed by atoms with Crippen molar-refractivity contribution in [3.63, 3.8) is 0 Å². The quantitative estimate of drug-likeness (QED) is 0.841. The van der Waals surface area contributed by atoms with Gasteiger partial charge in [0, 0.05) is 0 Å². The molecule has 0 unspecified atom stereocenters. The highest BCUT2D eigenvalue weighted by Crippen LogP contribution is 2.26. The van der Waals surface area contributed by atoms with Crippen LogP contribution in [0.2, 0.25) is 0 Å². The Kier molecular flexibility index (Phi) is 6.02. The molecule has 1 atom stereocenters. The van der Waals surface area contributed by atoms with Crippen LogP contribution in [0.5, 0.6) is 0 Å². The summed E-state index contributed by atoms with van der Waals surface area (Å²) in [6, 6.07) is 8.42. The molecule has 0 heterocycles. The number of hydrogen-bond acceptors (Lipinski definition) is 3. The minimum atomic E-state index is -1.65. The Morgan fingerprint density at radius 2 is 1.94 bits per heavy atom. The molecule has 0 bridgehead atoms. The molecule has 1 aromatic carbocycles. The third-order valence-corrected chi connectivity index (χ3v) is 2.37. The number of aliphatic hydroxyl groups is 1. The molecule has 0 aromatic heterocycles. The normalized spacial score (nSPS) is 12.9. The number of amides is 1. The van der Waals surface area contributed by atoms with Gasteiger partial charge in [-0.25, -0.2) is 4.79 Å². The fourth-order valence-corrected chi connectivity index (χ4v) is 1.41. The molecule has 100 valence electrons. The molecule has 7 heteroatoms. The van der Waals surface area contributed by atoms with Crippen LogP contribution in [0.15, 0.2) is 30.3 Å². The van der Waals surface area contributed by atoms with Crippen LogP contribution in [0.25, 0.3) is 0 Å². The van der Waals surface area contributed by atoms with Gasteiger partial charge < -0.3 is 15.2 Å². The van der Waals surface area contributed by atoms with Gasteiger partial charge in [-0.3, -0.25) is 0 Å². The fraction of sp³-hybridized carbons (Fsp3) is 0.364. The number of hydrogen-bond donors (Lipinski definition) is 2. The summed E-state index contributed by atoms with van der Waals surface area (Å²) in [6.07, 6.45) is -0.760. The van der Waals surface area contributed by atoms with Crippen molar-refractivity contribution < 1.29 is 14.6 Å². The Labute approximate surface area is 120 Å². The fourth-order valence-electron chi connectivity index (χ4n) is 1.25. The number of carbonyl (C=O) groups excluding carboxylic acids is 1. The molecule has 18 heavy (non-hydrogen) atoms. The first-order valence-electron chi connectivity index (χ1n) is 5.08. The van der Waals surface area contributed by atoms with E-state index >= 15 is 0 Å². The lowest BCUT2D eigenvalue weighted by Crippen LogP contribution is -2.33. The van der Waals surface area contributed by atoms with Crippen molar-refractivity contribution >= 4 is 40.9 Å². The van der Waals surface area contributed by atoms with E-state index < -0.39 is 15.9 Å². The van der Waals surface area contributed by atoms with E-state index in [1.807, 2.05) is 6.07 Å². The second-order valence-electron chi connectivity index (χ2n) is 3.48. The SMILES string of the molecule is O=C(N[C@@H](CO)c1ccccc1)OCC(Cl)(Cl)Cl. The molecule has 0 spiro atoms. The molecule has 0 aliphatic rings. The van der Waals surface area contributed by atoms with E-state index in [1.165, 1.54) is 0 Å². The third kappa shape index (κ3) is 5.78. The molecule has 1 amide bonds. The Bertz CT molecular complexity index is 381. The van der Waals surface area contributed by atoms with E-state index in [0.717, 1.165) is 5.56 Å². The largest absolute Gasteiger partial charge is 0.445 e. The van der Waals surface area contributed by atoms with Crippen molar-refractivity contribution in [1.29, 1.82) is 0 Å². The van der Waals surface area contributed by atoms with E-state index in [2.05, 4.69) is 5.32 Å². The van der Waals surface area contributed by atoms with Gasteiger partial charge in [0.2, 0.25) is 3.79 Å². The Morgan fingerprint density at radius 3 is 2.44 bits per heavy atom. The maximum atomic E-state index is 11.4. The van der Waals surface area contributed by atoms with E-state index in [9.17, 15) is 9.90 Å². The molecule has 2 N–H and O–H groups in total. The molecule has 0 fully saturated rings. The van der Waals surface area contributed by atoms with Crippen LogP contribution in [0.1, 0.15) is 11.6 Å². The van der Waals surface area contributed by atoms with Crippen LogP contribution in [0.3, 0.4) is 0 Å². The van der Waals surface area contributed by atoms with Crippen LogP contribution >= 0.6 is 34.8 Å². The van der Waals surface area contributed by atoms with Gasteiger partial charge in [0.05, 0.1) is 12.6 Å². The van der Waals surface area contributed by atoms with Crippen molar-refractivity contribution in [2.24, 2.45) is 0 Å². The summed E-state index contributed by atoms with van der Waals surface area (Å²) in [7, 11) is 0. The lowest BCUT2D eigenvalue weighted by molar-refractivity contribution is 0.137.